The van der Waals surface area contributed by atoms with E-state index in [0.29, 0.717) is 0 Å². The van der Waals surface area contributed by atoms with Crippen LogP contribution in [0.5, 0.6) is 5.75 Å². The lowest BCUT2D eigenvalue weighted by atomic mass is 10.2. The topological polar surface area (TPSA) is 12.5 Å². The molecule has 0 saturated carbocycles. The lowest BCUT2D eigenvalue weighted by Gasteiger charge is -2.18. The molecule has 1 unspecified atom stereocenters. The predicted molar refractivity (Wildman–Crippen MR) is 87.5 cm³/mol. The highest BCUT2D eigenvalue weighted by atomic mass is 16.5. The fourth-order valence-corrected chi connectivity index (χ4v) is 2.10. The molecule has 0 saturated heterocycles. The van der Waals surface area contributed by atoms with Gasteiger partial charge in [-0.25, -0.2) is 0 Å². The number of rotatable bonds is 4. The van der Waals surface area contributed by atoms with Crippen molar-refractivity contribution in [2.24, 2.45) is 0 Å². The molecule has 0 radical (unpaired) electrons. The van der Waals surface area contributed by atoms with E-state index < -0.39 is 0 Å². The first-order valence-corrected chi connectivity index (χ1v) is 7.12. The van der Waals surface area contributed by atoms with Crippen LogP contribution in [0.4, 0.5) is 0 Å². The molecule has 1 atom stereocenters. The molecule has 2 aromatic rings. The van der Waals surface area contributed by atoms with Crippen molar-refractivity contribution in [3.8, 4) is 17.6 Å². The zero-order valence-corrected chi connectivity index (χ0v) is 12.8. The van der Waals surface area contributed by atoms with Crippen molar-refractivity contribution in [2.45, 2.75) is 13.0 Å². The van der Waals surface area contributed by atoms with Crippen LogP contribution >= 0.6 is 0 Å². The lowest BCUT2D eigenvalue weighted by Crippen LogP contribution is -2.27. The lowest BCUT2D eigenvalue weighted by molar-refractivity contribution is 0.177. The summed E-state index contributed by atoms with van der Waals surface area (Å²) in [5.41, 5.74) is 1.98. The minimum absolute atomic E-state index is 0.150. The average Bonchev–Trinajstić information content (AvgIpc) is 2.46. The van der Waals surface area contributed by atoms with E-state index in [0.717, 1.165) is 23.4 Å². The summed E-state index contributed by atoms with van der Waals surface area (Å²) in [7, 11) is 4.09. The monoisotopic (exact) mass is 279 g/mol. The van der Waals surface area contributed by atoms with Crippen LogP contribution in [-0.4, -0.2) is 31.6 Å². The Hall–Kier alpha value is -2.24. The first kappa shape index (κ1) is 15.2. The third-order valence-corrected chi connectivity index (χ3v) is 2.92. The van der Waals surface area contributed by atoms with Crippen molar-refractivity contribution in [1.29, 1.82) is 0 Å². The highest BCUT2D eigenvalue weighted by Gasteiger charge is 2.05. The summed E-state index contributed by atoms with van der Waals surface area (Å²) in [4.78, 5) is 2.11. The van der Waals surface area contributed by atoms with E-state index in [1.54, 1.807) is 0 Å². The molecule has 0 bridgehead atoms. The van der Waals surface area contributed by atoms with Crippen LogP contribution < -0.4 is 4.74 Å². The highest BCUT2D eigenvalue weighted by molar-refractivity contribution is 5.45. The van der Waals surface area contributed by atoms with E-state index in [-0.39, 0.29) is 6.10 Å². The molecule has 2 nitrogen and oxygen atoms in total. The number of hydrogen-bond acceptors (Lipinski definition) is 2. The molecule has 0 aliphatic rings. The fourth-order valence-electron chi connectivity index (χ4n) is 2.10. The maximum absolute atomic E-state index is 5.91. The Morgan fingerprint density at radius 2 is 1.62 bits per heavy atom. The van der Waals surface area contributed by atoms with E-state index in [4.69, 9.17) is 4.74 Å². The third-order valence-electron chi connectivity index (χ3n) is 2.92. The SMILES string of the molecule is CC(CN(C)C)Oc1cccc(C#Cc2ccccc2)c1. The van der Waals surface area contributed by atoms with Gasteiger partial charge in [-0.1, -0.05) is 36.1 Å². The molecule has 21 heavy (non-hydrogen) atoms. The van der Waals surface area contributed by atoms with E-state index in [2.05, 4.69) is 23.7 Å². The Bertz CT molecular complexity index is 623. The Kier molecular flexibility index (Phi) is 5.43. The second-order valence-corrected chi connectivity index (χ2v) is 5.33. The Balaban J connectivity index is 2.06. The summed E-state index contributed by atoms with van der Waals surface area (Å²) in [6.07, 6.45) is 0.150. The molecule has 2 aromatic carbocycles. The maximum atomic E-state index is 5.91. The highest BCUT2D eigenvalue weighted by Crippen LogP contribution is 2.14. The Morgan fingerprint density at radius 3 is 2.33 bits per heavy atom. The maximum Gasteiger partial charge on any atom is 0.121 e. The van der Waals surface area contributed by atoms with Gasteiger partial charge in [-0.05, 0) is 51.4 Å². The molecule has 2 heteroatoms. The summed E-state index contributed by atoms with van der Waals surface area (Å²) >= 11 is 0. The normalized spacial score (nSPS) is 11.6. The summed E-state index contributed by atoms with van der Waals surface area (Å²) < 4.78 is 5.91. The second-order valence-electron chi connectivity index (χ2n) is 5.33. The number of ether oxygens (including phenoxy) is 1. The molecular weight excluding hydrogens is 258 g/mol. The van der Waals surface area contributed by atoms with Gasteiger partial charge in [0, 0.05) is 17.7 Å². The number of benzene rings is 2. The van der Waals surface area contributed by atoms with E-state index in [1.807, 2.05) is 68.7 Å². The Labute approximate surface area is 127 Å². The molecule has 2 rings (SSSR count). The zero-order valence-electron chi connectivity index (χ0n) is 12.8. The second kappa shape index (κ2) is 7.52. The number of hydrogen-bond donors (Lipinski definition) is 0. The summed E-state index contributed by atoms with van der Waals surface area (Å²) in [5, 5.41) is 0. The van der Waals surface area contributed by atoms with Gasteiger partial charge in [0.1, 0.15) is 11.9 Å². The third kappa shape index (κ3) is 5.33. The fraction of sp³-hybridized carbons (Fsp3) is 0.263. The van der Waals surface area contributed by atoms with Gasteiger partial charge in [-0.3, -0.25) is 0 Å². The van der Waals surface area contributed by atoms with Gasteiger partial charge in [0.15, 0.2) is 0 Å². The smallest absolute Gasteiger partial charge is 0.121 e. The minimum atomic E-state index is 0.150. The van der Waals surface area contributed by atoms with Gasteiger partial charge >= 0.3 is 0 Å². The van der Waals surface area contributed by atoms with Crippen molar-refractivity contribution in [3.05, 3.63) is 65.7 Å². The van der Waals surface area contributed by atoms with Crippen molar-refractivity contribution < 1.29 is 4.74 Å². The zero-order chi connectivity index (χ0) is 15.1. The molecule has 0 spiro atoms. The molecule has 0 heterocycles. The van der Waals surface area contributed by atoms with Crippen LogP contribution in [-0.2, 0) is 0 Å². The predicted octanol–water partition coefficient (Wildman–Crippen LogP) is 3.42. The molecular formula is C19H21NO. The molecule has 0 N–H and O–H groups in total. The van der Waals surface area contributed by atoms with E-state index >= 15 is 0 Å². The van der Waals surface area contributed by atoms with E-state index in [1.165, 1.54) is 0 Å². The van der Waals surface area contributed by atoms with E-state index in [9.17, 15) is 0 Å². The first-order valence-electron chi connectivity index (χ1n) is 7.12. The first-order chi connectivity index (χ1) is 10.1. The van der Waals surface area contributed by atoms with Gasteiger partial charge in [0.05, 0.1) is 0 Å². The number of nitrogens with zero attached hydrogens (tertiary/aromatic N) is 1. The Morgan fingerprint density at radius 1 is 0.952 bits per heavy atom. The van der Waals surface area contributed by atoms with Crippen molar-refractivity contribution in [3.63, 3.8) is 0 Å². The van der Waals surface area contributed by atoms with Crippen LogP contribution in [0.1, 0.15) is 18.1 Å². The molecule has 0 aliphatic heterocycles. The molecule has 108 valence electrons. The minimum Gasteiger partial charge on any atom is -0.489 e. The molecule has 0 aliphatic carbocycles. The van der Waals surface area contributed by atoms with Gasteiger partial charge < -0.3 is 9.64 Å². The molecule has 0 amide bonds. The molecule has 0 fully saturated rings. The summed E-state index contributed by atoms with van der Waals surface area (Å²) in [5.74, 6) is 7.20. The van der Waals surface area contributed by atoms with Crippen LogP contribution in [0.25, 0.3) is 0 Å². The quantitative estimate of drug-likeness (QED) is 0.795. The summed E-state index contributed by atoms with van der Waals surface area (Å²) in [6.45, 7) is 2.96. The standard InChI is InChI=1S/C19H21NO/c1-16(15-20(2)3)21-19-11-7-10-18(14-19)13-12-17-8-5-4-6-9-17/h4-11,14,16H,15H2,1-3H3. The van der Waals surface area contributed by atoms with Crippen LogP contribution in [0.2, 0.25) is 0 Å². The van der Waals surface area contributed by atoms with Gasteiger partial charge in [0.25, 0.3) is 0 Å². The van der Waals surface area contributed by atoms with Gasteiger partial charge in [-0.2, -0.15) is 0 Å². The van der Waals surface area contributed by atoms with Crippen LogP contribution in [0.3, 0.4) is 0 Å². The van der Waals surface area contributed by atoms with Crippen molar-refractivity contribution >= 4 is 0 Å². The number of likely N-dealkylation sites (N-methyl/N-ethyl adjacent to an activating group) is 1. The molecule has 0 aromatic heterocycles. The van der Waals surface area contributed by atoms with Crippen LogP contribution in [0.15, 0.2) is 54.6 Å². The van der Waals surface area contributed by atoms with Crippen LogP contribution in [0, 0.1) is 11.8 Å². The van der Waals surface area contributed by atoms with Gasteiger partial charge in [-0.15, -0.1) is 0 Å². The average molecular weight is 279 g/mol. The van der Waals surface area contributed by atoms with Gasteiger partial charge in [0.2, 0.25) is 0 Å². The summed E-state index contributed by atoms with van der Waals surface area (Å²) in [6, 6.07) is 17.9. The largest absolute Gasteiger partial charge is 0.489 e. The van der Waals surface area contributed by atoms with Crippen molar-refractivity contribution in [2.75, 3.05) is 20.6 Å². The van der Waals surface area contributed by atoms with Crippen molar-refractivity contribution in [1.82, 2.24) is 4.90 Å².